The van der Waals surface area contributed by atoms with Crippen molar-refractivity contribution in [2.24, 2.45) is 5.73 Å². The molecule has 0 aromatic carbocycles. The highest BCUT2D eigenvalue weighted by atomic mass is 35.5. The number of hydrogen-bond donors (Lipinski definition) is 2. The van der Waals surface area contributed by atoms with Crippen molar-refractivity contribution >= 4 is 23.3 Å². The van der Waals surface area contributed by atoms with Gasteiger partial charge in [0, 0.05) is 12.5 Å². The third kappa shape index (κ3) is 3.06. The van der Waals surface area contributed by atoms with E-state index < -0.39 is 11.4 Å². The van der Waals surface area contributed by atoms with Gasteiger partial charge in [0.1, 0.15) is 22.3 Å². The van der Waals surface area contributed by atoms with Gasteiger partial charge in [-0.2, -0.15) is 0 Å². The lowest BCUT2D eigenvalue weighted by molar-refractivity contribution is -0.121. The average molecular weight is 243 g/mol. The van der Waals surface area contributed by atoms with E-state index in [4.69, 9.17) is 17.3 Å². The van der Waals surface area contributed by atoms with Crippen LogP contribution in [-0.2, 0) is 11.2 Å². The number of nitrogens with two attached hydrogens (primary N) is 1. The first-order chi connectivity index (χ1) is 7.35. The quantitative estimate of drug-likeness (QED) is 0.782. The molecule has 0 fully saturated rings. The van der Waals surface area contributed by atoms with E-state index in [1.165, 1.54) is 0 Å². The van der Waals surface area contributed by atoms with Crippen LogP contribution in [0.1, 0.15) is 26.6 Å². The Morgan fingerprint density at radius 1 is 1.56 bits per heavy atom. The summed E-state index contributed by atoms with van der Waals surface area (Å²) in [6, 6.07) is 1.56. The molecule has 5 nitrogen and oxygen atoms in total. The Kier molecular flexibility index (Phi) is 3.70. The largest absolute Gasteiger partial charge is 0.368 e. The molecule has 0 aliphatic rings. The van der Waals surface area contributed by atoms with Crippen LogP contribution in [0.15, 0.2) is 6.07 Å². The van der Waals surface area contributed by atoms with Gasteiger partial charge in [-0.3, -0.25) is 4.79 Å². The van der Waals surface area contributed by atoms with Crippen LogP contribution < -0.4 is 11.1 Å². The normalized spacial score (nSPS) is 11.2. The van der Waals surface area contributed by atoms with Gasteiger partial charge in [0.15, 0.2) is 0 Å². The summed E-state index contributed by atoms with van der Waals surface area (Å²) in [6.07, 6.45) is 0.673. The molecule has 16 heavy (non-hydrogen) atoms. The Hall–Kier alpha value is -1.36. The third-order valence-electron chi connectivity index (χ3n) is 2.11. The molecule has 1 amide bonds. The lowest BCUT2D eigenvalue weighted by Crippen LogP contribution is -2.45. The van der Waals surface area contributed by atoms with Gasteiger partial charge >= 0.3 is 0 Å². The van der Waals surface area contributed by atoms with Crippen LogP contribution >= 0.6 is 11.6 Å². The number of nitrogens with one attached hydrogen (secondary N) is 1. The van der Waals surface area contributed by atoms with Gasteiger partial charge < -0.3 is 11.1 Å². The summed E-state index contributed by atoms with van der Waals surface area (Å²) in [4.78, 5) is 19.4. The Bertz CT molecular complexity index is 406. The zero-order valence-electron chi connectivity index (χ0n) is 9.54. The standard InChI is InChI=1S/C10H15ClN4O/c1-4-7-13-6(11)5-8(14-7)15-10(2,3)9(12)16/h5H,4H2,1-3H3,(H2,12,16)(H,13,14,15). The summed E-state index contributed by atoms with van der Waals surface area (Å²) >= 11 is 5.83. The molecule has 0 aliphatic heterocycles. The Morgan fingerprint density at radius 3 is 2.69 bits per heavy atom. The first-order valence-electron chi connectivity index (χ1n) is 4.96. The number of amides is 1. The predicted octanol–water partition coefficient (Wildman–Crippen LogP) is 1.37. The molecule has 0 saturated carbocycles. The highest BCUT2D eigenvalue weighted by Gasteiger charge is 2.25. The summed E-state index contributed by atoms with van der Waals surface area (Å²) in [7, 11) is 0. The van der Waals surface area contributed by atoms with Gasteiger partial charge in [0.05, 0.1) is 0 Å². The van der Waals surface area contributed by atoms with E-state index in [2.05, 4.69) is 15.3 Å². The number of carbonyl (C=O) groups is 1. The van der Waals surface area contributed by atoms with Crippen LogP contribution in [0.4, 0.5) is 5.82 Å². The monoisotopic (exact) mass is 242 g/mol. The van der Waals surface area contributed by atoms with Crippen molar-refractivity contribution in [2.45, 2.75) is 32.7 Å². The molecule has 6 heteroatoms. The second kappa shape index (κ2) is 4.65. The number of nitrogens with zero attached hydrogens (tertiary/aromatic N) is 2. The maximum atomic E-state index is 11.1. The van der Waals surface area contributed by atoms with Gasteiger partial charge in [-0.05, 0) is 13.8 Å². The minimum absolute atomic E-state index is 0.342. The molecular weight excluding hydrogens is 228 g/mol. The molecule has 0 aliphatic carbocycles. The number of carbonyl (C=O) groups excluding carboxylic acids is 1. The highest BCUT2D eigenvalue weighted by molar-refractivity contribution is 6.29. The van der Waals surface area contributed by atoms with Crippen LogP contribution in [0.25, 0.3) is 0 Å². The van der Waals surface area contributed by atoms with Gasteiger partial charge in [0.2, 0.25) is 5.91 Å². The first kappa shape index (κ1) is 12.7. The first-order valence-corrected chi connectivity index (χ1v) is 5.34. The maximum absolute atomic E-state index is 11.1. The molecule has 3 N–H and O–H groups in total. The average Bonchev–Trinajstić information content (AvgIpc) is 2.15. The summed E-state index contributed by atoms with van der Waals surface area (Å²) in [6.45, 7) is 5.28. The maximum Gasteiger partial charge on any atom is 0.242 e. The molecular formula is C10H15ClN4O. The van der Waals surface area contributed by atoms with Crippen LogP contribution in [0, 0.1) is 0 Å². The number of halogens is 1. The van der Waals surface area contributed by atoms with Crippen molar-refractivity contribution in [3.63, 3.8) is 0 Å². The van der Waals surface area contributed by atoms with Crippen molar-refractivity contribution in [1.82, 2.24) is 9.97 Å². The summed E-state index contributed by atoms with van der Waals surface area (Å²) in [5.41, 5.74) is 4.38. The number of aromatic nitrogens is 2. The minimum Gasteiger partial charge on any atom is -0.368 e. The zero-order chi connectivity index (χ0) is 12.3. The molecule has 0 radical (unpaired) electrons. The lowest BCUT2D eigenvalue weighted by Gasteiger charge is -2.23. The number of primary amides is 1. The second-order valence-electron chi connectivity index (χ2n) is 3.96. The van der Waals surface area contributed by atoms with Crippen LogP contribution in [0.3, 0.4) is 0 Å². The number of hydrogen-bond acceptors (Lipinski definition) is 4. The highest BCUT2D eigenvalue weighted by Crippen LogP contribution is 2.16. The number of aryl methyl sites for hydroxylation is 1. The van der Waals surface area contributed by atoms with E-state index in [1.807, 2.05) is 6.92 Å². The molecule has 1 rings (SSSR count). The van der Waals surface area contributed by atoms with Crippen molar-refractivity contribution in [2.75, 3.05) is 5.32 Å². The fourth-order valence-corrected chi connectivity index (χ4v) is 1.27. The summed E-state index contributed by atoms with van der Waals surface area (Å²) < 4.78 is 0. The molecule has 0 saturated heterocycles. The fourth-order valence-electron chi connectivity index (χ4n) is 1.07. The molecule has 0 atom stereocenters. The zero-order valence-corrected chi connectivity index (χ0v) is 10.3. The van der Waals surface area contributed by atoms with E-state index in [-0.39, 0.29) is 0 Å². The SMILES string of the molecule is CCc1nc(Cl)cc(NC(C)(C)C(N)=O)n1. The third-order valence-corrected chi connectivity index (χ3v) is 2.31. The Labute approximate surface area is 99.4 Å². The molecule has 0 unspecified atom stereocenters. The molecule has 1 aromatic rings. The summed E-state index contributed by atoms with van der Waals surface area (Å²) in [5, 5.41) is 3.27. The van der Waals surface area contributed by atoms with Crippen molar-refractivity contribution in [3.05, 3.63) is 17.0 Å². The van der Waals surface area contributed by atoms with E-state index in [0.29, 0.717) is 23.2 Å². The smallest absolute Gasteiger partial charge is 0.242 e. The van der Waals surface area contributed by atoms with Gasteiger partial charge in [-0.25, -0.2) is 9.97 Å². The number of anilines is 1. The van der Waals surface area contributed by atoms with Gasteiger partial charge in [0.25, 0.3) is 0 Å². The van der Waals surface area contributed by atoms with Crippen molar-refractivity contribution < 1.29 is 4.79 Å². The topological polar surface area (TPSA) is 80.9 Å². The number of rotatable bonds is 4. The molecule has 1 aromatic heterocycles. The van der Waals surface area contributed by atoms with Gasteiger partial charge in [-0.1, -0.05) is 18.5 Å². The Balaban J connectivity index is 2.97. The molecule has 0 spiro atoms. The van der Waals surface area contributed by atoms with E-state index >= 15 is 0 Å². The van der Waals surface area contributed by atoms with E-state index in [9.17, 15) is 4.79 Å². The molecule has 88 valence electrons. The Morgan fingerprint density at radius 2 is 2.19 bits per heavy atom. The van der Waals surface area contributed by atoms with E-state index in [1.54, 1.807) is 19.9 Å². The second-order valence-corrected chi connectivity index (χ2v) is 4.35. The minimum atomic E-state index is -0.872. The predicted molar refractivity (Wildman–Crippen MR) is 63.3 cm³/mol. The lowest BCUT2D eigenvalue weighted by atomic mass is 10.1. The van der Waals surface area contributed by atoms with Crippen LogP contribution in [0.2, 0.25) is 5.15 Å². The molecule has 1 heterocycles. The summed E-state index contributed by atoms with van der Waals surface area (Å²) in [5.74, 6) is 0.663. The van der Waals surface area contributed by atoms with Crippen molar-refractivity contribution in [1.29, 1.82) is 0 Å². The van der Waals surface area contributed by atoms with Crippen LogP contribution in [0.5, 0.6) is 0 Å². The van der Waals surface area contributed by atoms with Crippen molar-refractivity contribution in [3.8, 4) is 0 Å². The molecule has 0 bridgehead atoms. The van der Waals surface area contributed by atoms with Crippen LogP contribution in [-0.4, -0.2) is 21.4 Å². The fraction of sp³-hybridized carbons (Fsp3) is 0.500. The van der Waals surface area contributed by atoms with E-state index in [0.717, 1.165) is 0 Å². The van der Waals surface area contributed by atoms with Gasteiger partial charge in [-0.15, -0.1) is 0 Å².